The maximum Gasteiger partial charge on any atom is 0.216 e. The fraction of sp³-hybridized carbons (Fsp3) is 0.269. The van der Waals surface area contributed by atoms with Gasteiger partial charge in [0, 0.05) is 46.9 Å². The van der Waals surface area contributed by atoms with Gasteiger partial charge in [-0.3, -0.25) is 30.5 Å². The zero-order valence-corrected chi connectivity index (χ0v) is 21.8. The maximum atomic E-state index is 10.5. The summed E-state index contributed by atoms with van der Waals surface area (Å²) in [6.45, 7) is 8.30. The number of carbonyl (C=O) groups excluding carboxylic acids is 1. The summed E-state index contributed by atoms with van der Waals surface area (Å²) in [5.74, 6) is 0.674. The van der Waals surface area contributed by atoms with Crippen LogP contribution in [-0.4, -0.2) is 41.4 Å². The first-order chi connectivity index (χ1) is 16.7. The Morgan fingerprint density at radius 3 is 2.51 bits per heavy atom. The van der Waals surface area contributed by atoms with Crippen molar-refractivity contribution in [3.8, 4) is 0 Å². The molecule has 0 radical (unpaired) electrons. The first-order valence-electron chi connectivity index (χ1n) is 11.2. The smallest absolute Gasteiger partial charge is 0.216 e. The Labute approximate surface area is 214 Å². The Morgan fingerprint density at radius 1 is 1.20 bits per heavy atom. The Balaban J connectivity index is 0.000000241. The summed E-state index contributed by atoms with van der Waals surface area (Å²) >= 11 is 7.61. The predicted octanol–water partition coefficient (Wildman–Crippen LogP) is 5.41. The number of amidine groups is 2. The lowest BCUT2D eigenvalue weighted by molar-refractivity contribution is -0.118. The lowest BCUT2D eigenvalue weighted by Gasteiger charge is -2.21. The van der Waals surface area contributed by atoms with Crippen LogP contribution in [0.4, 0.5) is 5.00 Å². The molecular formula is C26H29ClN6OS. The molecule has 9 heteroatoms. The molecule has 3 heterocycles. The van der Waals surface area contributed by atoms with Gasteiger partial charge in [-0.25, -0.2) is 0 Å². The van der Waals surface area contributed by atoms with Crippen LogP contribution in [0.15, 0.2) is 53.8 Å². The Morgan fingerprint density at radius 2 is 1.91 bits per heavy atom. The van der Waals surface area contributed by atoms with Gasteiger partial charge in [-0.2, -0.15) is 0 Å². The molecular weight excluding hydrogens is 480 g/mol. The molecule has 1 aliphatic heterocycles. The highest BCUT2D eigenvalue weighted by molar-refractivity contribution is 7.17. The number of fused-ring (bicyclic) bond motifs is 1. The lowest BCUT2D eigenvalue weighted by Crippen LogP contribution is -2.35. The molecule has 0 atom stereocenters. The van der Waals surface area contributed by atoms with Gasteiger partial charge in [0.1, 0.15) is 16.7 Å². The van der Waals surface area contributed by atoms with E-state index in [1.54, 1.807) is 29.4 Å². The van der Waals surface area contributed by atoms with Gasteiger partial charge < -0.3 is 5.32 Å². The van der Waals surface area contributed by atoms with Crippen LogP contribution >= 0.6 is 22.9 Å². The van der Waals surface area contributed by atoms with Crippen LogP contribution in [0.25, 0.3) is 0 Å². The van der Waals surface area contributed by atoms with Gasteiger partial charge in [-0.1, -0.05) is 29.8 Å². The summed E-state index contributed by atoms with van der Waals surface area (Å²) in [6.07, 6.45) is 4.39. The summed E-state index contributed by atoms with van der Waals surface area (Å²) < 4.78 is 0. The second-order valence-electron chi connectivity index (χ2n) is 8.10. The molecule has 35 heavy (non-hydrogen) atoms. The number of benzene rings is 1. The highest BCUT2D eigenvalue weighted by Gasteiger charge is 2.28. The number of hydrogen-bond acceptors (Lipinski definition) is 6. The van der Waals surface area contributed by atoms with E-state index in [-0.39, 0.29) is 12.5 Å². The molecule has 0 bridgehead atoms. The molecule has 1 aromatic carbocycles. The van der Waals surface area contributed by atoms with Gasteiger partial charge in [0.25, 0.3) is 0 Å². The Hall–Kier alpha value is -3.36. The highest BCUT2D eigenvalue weighted by atomic mass is 35.5. The molecule has 0 aliphatic carbocycles. The van der Waals surface area contributed by atoms with Crippen molar-refractivity contribution >= 4 is 51.2 Å². The third-order valence-electron chi connectivity index (χ3n) is 5.43. The van der Waals surface area contributed by atoms with Crippen LogP contribution in [0.1, 0.15) is 41.0 Å². The minimum Gasteiger partial charge on any atom is -0.356 e. The largest absolute Gasteiger partial charge is 0.356 e. The Bertz CT molecular complexity index is 1250. The van der Waals surface area contributed by atoms with E-state index in [4.69, 9.17) is 22.4 Å². The Kier molecular flexibility index (Phi) is 8.89. The number of nitrogens with zero attached hydrogens (tertiary/aromatic N) is 3. The van der Waals surface area contributed by atoms with Crippen molar-refractivity contribution < 1.29 is 4.79 Å². The number of aliphatic imine (C=N–C) groups is 1. The number of hydrogen-bond donors (Lipinski definition) is 3. The molecule has 182 valence electrons. The molecule has 2 aromatic heterocycles. The lowest BCUT2D eigenvalue weighted by atomic mass is 10.00. The third kappa shape index (κ3) is 6.61. The quantitative estimate of drug-likeness (QED) is 0.324. The van der Waals surface area contributed by atoms with Crippen molar-refractivity contribution in [1.82, 2.24) is 10.3 Å². The summed E-state index contributed by atoms with van der Waals surface area (Å²) in [5.41, 5.74) is 5.16. The molecule has 1 amide bonds. The van der Waals surface area contributed by atoms with Crippen LogP contribution < -0.4 is 10.2 Å². The van der Waals surface area contributed by atoms with E-state index >= 15 is 0 Å². The zero-order valence-electron chi connectivity index (χ0n) is 20.3. The second-order valence-corrected chi connectivity index (χ2v) is 9.74. The van der Waals surface area contributed by atoms with E-state index in [1.807, 2.05) is 42.6 Å². The van der Waals surface area contributed by atoms with E-state index in [1.165, 1.54) is 11.8 Å². The fourth-order valence-corrected chi connectivity index (χ4v) is 4.96. The summed E-state index contributed by atoms with van der Waals surface area (Å²) in [7, 11) is 0. The van der Waals surface area contributed by atoms with E-state index in [2.05, 4.69) is 29.1 Å². The fourth-order valence-electron chi connectivity index (χ4n) is 3.60. The molecule has 3 aromatic rings. The number of rotatable bonds is 4. The first kappa shape index (κ1) is 26.2. The van der Waals surface area contributed by atoms with E-state index in [0.717, 1.165) is 39.4 Å². The highest BCUT2D eigenvalue weighted by Crippen LogP contribution is 2.39. The van der Waals surface area contributed by atoms with Gasteiger partial charge >= 0.3 is 0 Å². The van der Waals surface area contributed by atoms with Gasteiger partial charge in [0.2, 0.25) is 5.91 Å². The number of pyridine rings is 1. The molecule has 0 saturated heterocycles. The molecule has 7 nitrogen and oxygen atoms in total. The average molecular weight is 509 g/mol. The normalized spacial score (nSPS) is 12.7. The van der Waals surface area contributed by atoms with Crippen molar-refractivity contribution in [2.24, 2.45) is 4.99 Å². The number of halogens is 1. The number of anilines is 1. The third-order valence-corrected chi connectivity index (χ3v) is 6.87. The zero-order chi connectivity index (χ0) is 25.5. The molecule has 0 unspecified atom stereocenters. The van der Waals surface area contributed by atoms with E-state index < -0.39 is 0 Å². The number of thiophene rings is 1. The minimum absolute atomic E-state index is 0.0129. The standard InChI is InChI=1S/C17H17ClN4S.C9H12N2O/c1-9-10(2)23-17-15(9)16(12-4-6-13(18)7-5-12)21-8-14(20)22(17)11(3)19;1-8(12)11-6-4-9-3-2-5-10-7-9/h4-7,19-20H,8H2,1-3H3;2-3,5,7H,4,6H2,1H3,(H,11,12). The van der Waals surface area contributed by atoms with Gasteiger partial charge in [-0.05, 0) is 56.5 Å². The van der Waals surface area contributed by atoms with Crippen molar-refractivity contribution in [3.05, 3.63) is 80.9 Å². The second kappa shape index (κ2) is 11.9. The van der Waals surface area contributed by atoms with Crippen molar-refractivity contribution in [3.63, 3.8) is 0 Å². The van der Waals surface area contributed by atoms with Gasteiger partial charge in [-0.15, -0.1) is 11.3 Å². The molecule has 4 rings (SSSR count). The van der Waals surface area contributed by atoms with Crippen molar-refractivity contribution in [2.75, 3.05) is 18.0 Å². The summed E-state index contributed by atoms with van der Waals surface area (Å²) in [6, 6.07) is 11.5. The number of aryl methyl sites for hydroxylation is 1. The number of amides is 1. The molecule has 3 N–H and O–H groups in total. The van der Waals surface area contributed by atoms with Gasteiger partial charge in [0.15, 0.2) is 0 Å². The van der Waals surface area contributed by atoms with Crippen LogP contribution in [0.2, 0.25) is 5.02 Å². The van der Waals surface area contributed by atoms with Crippen molar-refractivity contribution in [1.29, 1.82) is 10.8 Å². The predicted molar refractivity (Wildman–Crippen MR) is 146 cm³/mol. The molecule has 0 spiro atoms. The summed E-state index contributed by atoms with van der Waals surface area (Å²) in [4.78, 5) is 22.0. The van der Waals surface area contributed by atoms with Crippen LogP contribution in [0, 0.1) is 24.7 Å². The van der Waals surface area contributed by atoms with Crippen molar-refractivity contribution in [2.45, 2.75) is 34.1 Å². The number of nitrogens with one attached hydrogen (secondary N) is 3. The van der Waals surface area contributed by atoms with E-state index in [9.17, 15) is 4.79 Å². The number of carbonyl (C=O) groups is 1. The molecule has 0 fully saturated rings. The van der Waals surface area contributed by atoms with Crippen LogP contribution in [-0.2, 0) is 11.2 Å². The van der Waals surface area contributed by atoms with Crippen LogP contribution in [0.3, 0.4) is 0 Å². The maximum absolute atomic E-state index is 10.5. The topological polar surface area (TPSA) is 105 Å². The minimum atomic E-state index is 0.0129. The molecule has 0 saturated carbocycles. The monoisotopic (exact) mass is 508 g/mol. The average Bonchev–Trinajstić information content (AvgIpc) is 3.00. The van der Waals surface area contributed by atoms with E-state index in [0.29, 0.717) is 23.2 Å². The SMILES string of the molecule is CC(=N)N1C(=N)CN=C(c2ccc(Cl)cc2)c2c1sc(C)c2C.CC(=O)NCCc1cccnc1. The first-order valence-corrected chi connectivity index (χ1v) is 12.3. The van der Waals surface area contributed by atoms with Crippen LogP contribution in [0.5, 0.6) is 0 Å². The van der Waals surface area contributed by atoms with Gasteiger partial charge in [0.05, 0.1) is 12.3 Å². The summed E-state index contributed by atoms with van der Waals surface area (Å²) in [5, 5.41) is 20.6. The molecule has 1 aliphatic rings. The number of aromatic nitrogens is 1.